The molecule has 1 aliphatic heterocycles. The molecular formula is C14H26N6O2. The molecule has 0 aromatic carbocycles. The standard InChI is InChI=1S/C14H26N6O2/c1-5-6-20-12(15-16-17-20)11-18-7-9-19(10-8-18)13(21)22-14(2,3)4/h5-11H2,1-4H3. The van der Waals surface area contributed by atoms with Crippen LogP contribution in [0, 0.1) is 0 Å². The molecule has 1 fully saturated rings. The third kappa shape index (κ3) is 4.66. The molecule has 2 rings (SSSR count). The zero-order chi connectivity index (χ0) is 16.2. The van der Waals surface area contributed by atoms with Crippen LogP contribution in [0.4, 0.5) is 4.79 Å². The number of amides is 1. The number of tetrazole rings is 1. The van der Waals surface area contributed by atoms with Crippen LogP contribution in [0.5, 0.6) is 0 Å². The van der Waals surface area contributed by atoms with E-state index in [1.54, 1.807) is 4.90 Å². The number of carbonyl (C=O) groups is 1. The van der Waals surface area contributed by atoms with Crippen LogP contribution in [0.2, 0.25) is 0 Å². The molecule has 0 atom stereocenters. The monoisotopic (exact) mass is 310 g/mol. The molecule has 0 saturated carbocycles. The lowest BCUT2D eigenvalue weighted by Crippen LogP contribution is -2.49. The second kappa shape index (κ2) is 7.04. The molecule has 8 nitrogen and oxygen atoms in total. The maximum atomic E-state index is 12.0. The van der Waals surface area contributed by atoms with E-state index >= 15 is 0 Å². The van der Waals surface area contributed by atoms with Crippen molar-refractivity contribution in [3.8, 4) is 0 Å². The molecule has 0 bridgehead atoms. The van der Waals surface area contributed by atoms with E-state index < -0.39 is 5.60 Å². The number of aryl methyl sites for hydroxylation is 1. The summed E-state index contributed by atoms with van der Waals surface area (Å²) in [7, 11) is 0. The molecule has 2 heterocycles. The van der Waals surface area contributed by atoms with Gasteiger partial charge in [0.1, 0.15) is 5.60 Å². The first kappa shape index (κ1) is 16.7. The van der Waals surface area contributed by atoms with Gasteiger partial charge in [-0.25, -0.2) is 9.48 Å². The molecule has 1 aromatic heterocycles. The molecule has 124 valence electrons. The smallest absolute Gasteiger partial charge is 0.410 e. The van der Waals surface area contributed by atoms with Crippen molar-refractivity contribution < 1.29 is 9.53 Å². The Labute approximate surface area is 131 Å². The number of rotatable bonds is 4. The summed E-state index contributed by atoms with van der Waals surface area (Å²) in [4.78, 5) is 16.0. The minimum atomic E-state index is -0.448. The van der Waals surface area contributed by atoms with Crippen LogP contribution < -0.4 is 0 Å². The van der Waals surface area contributed by atoms with Crippen molar-refractivity contribution in [3.05, 3.63) is 5.82 Å². The van der Waals surface area contributed by atoms with Gasteiger partial charge in [-0.05, 0) is 37.6 Å². The molecule has 1 amide bonds. The van der Waals surface area contributed by atoms with E-state index in [9.17, 15) is 4.79 Å². The normalized spacial score (nSPS) is 16.8. The van der Waals surface area contributed by atoms with E-state index in [1.165, 1.54) is 0 Å². The van der Waals surface area contributed by atoms with Gasteiger partial charge in [-0.3, -0.25) is 4.90 Å². The van der Waals surface area contributed by atoms with Crippen LogP contribution in [-0.2, 0) is 17.8 Å². The Morgan fingerprint density at radius 3 is 2.50 bits per heavy atom. The molecule has 0 spiro atoms. The zero-order valence-electron chi connectivity index (χ0n) is 13.9. The van der Waals surface area contributed by atoms with Crippen molar-refractivity contribution in [1.82, 2.24) is 30.0 Å². The van der Waals surface area contributed by atoms with Crippen LogP contribution in [-0.4, -0.2) is 67.9 Å². The van der Waals surface area contributed by atoms with Gasteiger partial charge in [0.05, 0.1) is 6.54 Å². The molecular weight excluding hydrogens is 284 g/mol. The molecule has 0 aliphatic carbocycles. The third-order valence-electron chi connectivity index (χ3n) is 3.43. The predicted octanol–water partition coefficient (Wildman–Crippen LogP) is 1.14. The minimum absolute atomic E-state index is 0.233. The van der Waals surface area contributed by atoms with Gasteiger partial charge in [-0.15, -0.1) is 5.10 Å². The SMILES string of the molecule is CCCn1nnnc1CN1CCN(C(=O)OC(C)(C)C)CC1. The van der Waals surface area contributed by atoms with Gasteiger partial charge in [0.15, 0.2) is 5.82 Å². The number of carbonyl (C=O) groups excluding carboxylic acids is 1. The second-order valence-electron chi connectivity index (χ2n) is 6.56. The number of hydrogen-bond acceptors (Lipinski definition) is 6. The van der Waals surface area contributed by atoms with Crippen molar-refractivity contribution in [2.75, 3.05) is 26.2 Å². The Hall–Kier alpha value is -1.70. The molecule has 1 aliphatic rings. The van der Waals surface area contributed by atoms with Crippen LogP contribution in [0.15, 0.2) is 0 Å². The van der Waals surface area contributed by atoms with E-state index in [-0.39, 0.29) is 6.09 Å². The van der Waals surface area contributed by atoms with Gasteiger partial charge >= 0.3 is 6.09 Å². The molecule has 1 saturated heterocycles. The fourth-order valence-electron chi connectivity index (χ4n) is 2.34. The number of piperazine rings is 1. The van der Waals surface area contributed by atoms with E-state index in [2.05, 4.69) is 27.3 Å². The summed E-state index contributed by atoms with van der Waals surface area (Å²) in [6.07, 6.45) is 0.771. The van der Waals surface area contributed by atoms with Gasteiger partial charge in [0.25, 0.3) is 0 Å². The largest absolute Gasteiger partial charge is 0.444 e. The summed E-state index contributed by atoms with van der Waals surface area (Å²) in [5.41, 5.74) is -0.448. The highest BCUT2D eigenvalue weighted by Gasteiger charge is 2.26. The van der Waals surface area contributed by atoms with Crippen molar-refractivity contribution in [2.45, 2.75) is 52.8 Å². The average Bonchev–Trinajstić information content (AvgIpc) is 2.85. The Kier molecular flexibility index (Phi) is 5.33. The van der Waals surface area contributed by atoms with Gasteiger partial charge in [-0.2, -0.15) is 0 Å². The van der Waals surface area contributed by atoms with Crippen molar-refractivity contribution in [2.24, 2.45) is 0 Å². The number of aromatic nitrogens is 4. The minimum Gasteiger partial charge on any atom is -0.444 e. The summed E-state index contributed by atoms with van der Waals surface area (Å²) in [6, 6.07) is 0. The molecule has 1 aromatic rings. The van der Waals surface area contributed by atoms with Crippen LogP contribution in [0.1, 0.15) is 39.9 Å². The number of hydrogen-bond donors (Lipinski definition) is 0. The first-order valence-corrected chi connectivity index (χ1v) is 7.84. The number of ether oxygens (including phenoxy) is 1. The Balaban J connectivity index is 1.82. The maximum absolute atomic E-state index is 12.0. The lowest BCUT2D eigenvalue weighted by atomic mass is 10.2. The van der Waals surface area contributed by atoms with E-state index in [0.717, 1.165) is 38.4 Å². The Bertz CT molecular complexity index is 488. The summed E-state index contributed by atoms with van der Waals surface area (Å²) >= 11 is 0. The summed E-state index contributed by atoms with van der Waals surface area (Å²) in [5.74, 6) is 0.882. The van der Waals surface area contributed by atoms with Crippen LogP contribution in [0.3, 0.4) is 0 Å². The van der Waals surface area contributed by atoms with Gasteiger partial charge in [0.2, 0.25) is 0 Å². The summed E-state index contributed by atoms with van der Waals surface area (Å²) in [5, 5.41) is 11.8. The first-order valence-electron chi connectivity index (χ1n) is 7.84. The van der Waals surface area contributed by atoms with E-state index in [4.69, 9.17) is 4.74 Å². The quantitative estimate of drug-likeness (QED) is 0.830. The topological polar surface area (TPSA) is 76.4 Å². The fourth-order valence-corrected chi connectivity index (χ4v) is 2.34. The highest BCUT2D eigenvalue weighted by atomic mass is 16.6. The predicted molar refractivity (Wildman–Crippen MR) is 81.2 cm³/mol. The average molecular weight is 310 g/mol. The van der Waals surface area contributed by atoms with Gasteiger partial charge in [0, 0.05) is 32.7 Å². The third-order valence-corrected chi connectivity index (χ3v) is 3.43. The second-order valence-corrected chi connectivity index (χ2v) is 6.56. The molecule has 8 heteroatoms. The highest BCUT2D eigenvalue weighted by molar-refractivity contribution is 5.68. The highest BCUT2D eigenvalue weighted by Crippen LogP contribution is 2.12. The molecule has 0 N–H and O–H groups in total. The van der Waals surface area contributed by atoms with Crippen LogP contribution >= 0.6 is 0 Å². The Morgan fingerprint density at radius 1 is 1.23 bits per heavy atom. The molecule has 22 heavy (non-hydrogen) atoms. The van der Waals surface area contributed by atoms with Crippen molar-refractivity contribution in [1.29, 1.82) is 0 Å². The zero-order valence-corrected chi connectivity index (χ0v) is 13.9. The lowest BCUT2D eigenvalue weighted by Gasteiger charge is -2.35. The maximum Gasteiger partial charge on any atom is 0.410 e. The van der Waals surface area contributed by atoms with Crippen molar-refractivity contribution in [3.63, 3.8) is 0 Å². The van der Waals surface area contributed by atoms with E-state index in [0.29, 0.717) is 13.1 Å². The molecule has 0 unspecified atom stereocenters. The summed E-state index contributed by atoms with van der Waals surface area (Å²) < 4.78 is 7.25. The van der Waals surface area contributed by atoms with Crippen molar-refractivity contribution >= 4 is 6.09 Å². The van der Waals surface area contributed by atoms with Gasteiger partial charge in [-0.1, -0.05) is 6.92 Å². The van der Waals surface area contributed by atoms with E-state index in [1.807, 2.05) is 25.5 Å². The number of nitrogens with zero attached hydrogens (tertiary/aromatic N) is 6. The lowest BCUT2D eigenvalue weighted by molar-refractivity contribution is 0.0136. The summed E-state index contributed by atoms with van der Waals surface area (Å²) in [6.45, 7) is 12.3. The first-order chi connectivity index (χ1) is 10.4. The molecule has 0 radical (unpaired) electrons. The Morgan fingerprint density at radius 2 is 1.91 bits per heavy atom. The fraction of sp³-hybridized carbons (Fsp3) is 0.857. The van der Waals surface area contributed by atoms with Crippen LogP contribution in [0.25, 0.3) is 0 Å². The van der Waals surface area contributed by atoms with Gasteiger partial charge < -0.3 is 9.64 Å².